The molecule has 0 aliphatic carbocycles. The Hall–Kier alpha value is -2.18. The van der Waals surface area contributed by atoms with Crippen LogP contribution in [0.25, 0.3) is 10.9 Å². The molecule has 6 heteroatoms. The summed E-state index contributed by atoms with van der Waals surface area (Å²) in [5.74, 6) is -0.373. The molecule has 0 fully saturated rings. The zero-order valence-electron chi connectivity index (χ0n) is 13.1. The number of benzene rings is 2. The molecular formula is C18H17FN2O2S. The maximum Gasteiger partial charge on any atom is 0.198 e. The lowest BCUT2D eigenvalue weighted by atomic mass is 10.1. The van der Waals surface area contributed by atoms with Gasteiger partial charge in [-0.15, -0.1) is 0 Å². The Balaban J connectivity index is 1.95. The number of nitrogens with one attached hydrogen (secondary N) is 2. The molecule has 0 bridgehead atoms. The van der Waals surface area contributed by atoms with E-state index in [-0.39, 0.29) is 5.82 Å². The number of aryl methyl sites for hydroxylation is 1. The van der Waals surface area contributed by atoms with Crippen molar-refractivity contribution < 1.29 is 12.8 Å². The molecule has 2 heterocycles. The fraction of sp³-hybridized carbons (Fsp3) is 0.222. The minimum Gasteiger partial charge on any atom is -0.358 e. The van der Waals surface area contributed by atoms with Gasteiger partial charge in [-0.2, -0.15) is 0 Å². The highest BCUT2D eigenvalue weighted by Crippen LogP contribution is 2.37. The molecule has 2 aromatic carbocycles. The Bertz CT molecular complexity index is 1040. The Kier molecular flexibility index (Phi) is 3.47. The van der Waals surface area contributed by atoms with E-state index < -0.39 is 15.2 Å². The van der Waals surface area contributed by atoms with Crippen molar-refractivity contribution in [2.24, 2.45) is 0 Å². The van der Waals surface area contributed by atoms with E-state index in [1.54, 1.807) is 31.2 Å². The largest absolute Gasteiger partial charge is 0.358 e. The summed E-state index contributed by atoms with van der Waals surface area (Å²) in [4.78, 5) is 3.55. The molecule has 0 amide bonds. The minimum atomic E-state index is -3.63. The van der Waals surface area contributed by atoms with Crippen molar-refractivity contribution in [1.82, 2.24) is 10.3 Å². The summed E-state index contributed by atoms with van der Waals surface area (Å²) in [6.07, 6.45) is 0.686. The molecule has 0 spiro atoms. The van der Waals surface area contributed by atoms with Crippen molar-refractivity contribution >= 4 is 20.7 Å². The maximum absolute atomic E-state index is 13.7. The summed E-state index contributed by atoms with van der Waals surface area (Å²) in [5, 5.41) is 2.86. The Labute approximate surface area is 139 Å². The summed E-state index contributed by atoms with van der Waals surface area (Å²) >= 11 is 0. The smallest absolute Gasteiger partial charge is 0.198 e. The molecule has 1 atom stereocenters. The molecule has 24 heavy (non-hydrogen) atoms. The predicted molar refractivity (Wildman–Crippen MR) is 91.1 cm³/mol. The van der Waals surface area contributed by atoms with Gasteiger partial charge in [0.2, 0.25) is 0 Å². The molecule has 1 unspecified atom stereocenters. The van der Waals surface area contributed by atoms with Crippen LogP contribution >= 0.6 is 0 Å². The standard InChI is InChI=1S/C18H17FN2O2S/c1-11-4-2-3-5-16(11)24(22,23)18-17-13-10-12(19)6-7-14(13)21-15(17)8-9-20-18/h2-7,10,18,20-21H,8-9H2,1H3. The van der Waals surface area contributed by atoms with Crippen LogP contribution in [0.3, 0.4) is 0 Å². The van der Waals surface area contributed by atoms with Gasteiger partial charge in [0, 0.05) is 35.1 Å². The maximum atomic E-state index is 13.7. The number of hydrogen-bond acceptors (Lipinski definition) is 3. The van der Waals surface area contributed by atoms with Gasteiger partial charge in [0.15, 0.2) is 9.84 Å². The van der Waals surface area contributed by atoms with E-state index in [2.05, 4.69) is 10.3 Å². The van der Waals surface area contributed by atoms with Crippen molar-refractivity contribution in [3.8, 4) is 0 Å². The average Bonchev–Trinajstić information content (AvgIpc) is 2.93. The van der Waals surface area contributed by atoms with Crippen LogP contribution in [0.5, 0.6) is 0 Å². The topological polar surface area (TPSA) is 62.0 Å². The first-order valence-corrected chi connectivity index (χ1v) is 9.36. The minimum absolute atomic E-state index is 0.307. The predicted octanol–water partition coefficient (Wildman–Crippen LogP) is 3.23. The monoisotopic (exact) mass is 344 g/mol. The first-order chi connectivity index (χ1) is 11.5. The van der Waals surface area contributed by atoms with Crippen LogP contribution < -0.4 is 5.32 Å². The highest BCUT2D eigenvalue weighted by atomic mass is 32.2. The number of aromatic amines is 1. The third kappa shape index (κ3) is 2.25. The number of aromatic nitrogens is 1. The number of rotatable bonds is 2. The molecule has 4 rings (SSSR count). The van der Waals surface area contributed by atoms with E-state index in [9.17, 15) is 12.8 Å². The fourth-order valence-electron chi connectivity index (χ4n) is 3.44. The fourth-order valence-corrected chi connectivity index (χ4v) is 5.39. The number of halogens is 1. The number of hydrogen-bond donors (Lipinski definition) is 2. The van der Waals surface area contributed by atoms with E-state index in [0.717, 1.165) is 11.2 Å². The molecule has 1 aromatic heterocycles. The van der Waals surface area contributed by atoms with Gasteiger partial charge in [0.1, 0.15) is 11.2 Å². The highest BCUT2D eigenvalue weighted by Gasteiger charge is 2.36. The second-order valence-corrected chi connectivity index (χ2v) is 8.10. The van der Waals surface area contributed by atoms with Gasteiger partial charge in [-0.25, -0.2) is 12.8 Å². The van der Waals surface area contributed by atoms with E-state index >= 15 is 0 Å². The van der Waals surface area contributed by atoms with Gasteiger partial charge < -0.3 is 4.98 Å². The lowest BCUT2D eigenvalue weighted by Crippen LogP contribution is -2.35. The highest BCUT2D eigenvalue weighted by molar-refractivity contribution is 7.91. The quantitative estimate of drug-likeness (QED) is 0.750. The first-order valence-electron chi connectivity index (χ1n) is 7.81. The second-order valence-electron chi connectivity index (χ2n) is 6.10. The van der Waals surface area contributed by atoms with Gasteiger partial charge in [0.05, 0.1) is 4.90 Å². The lowest BCUT2D eigenvalue weighted by Gasteiger charge is -2.25. The second kappa shape index (κ2) is 5.43. The van der Waals surface area contributed by atoms with Crippen LogP contribution in [0.2, 0.25) is 0 Å². The van der Waals surface area contributed by atoms with Crippen LogP contribution in [-0.2, 0) is 16.3 Å². The number of fused-ring (bicyclic) bond motifs is 3. The molecular weight excluding hydrogens is 327 g/mol. The van der Waals surface area contributed by atoms with Gasteiger partial charge >= 0.3 is 0 Å². The molecule has 1 aliphatic heterocycles. The average molecular weight is 344 g/mol. The zero-order chi connectivity index (χ0) is 16.9. The lowest BCUT2D eigenvalue weighted by molar-refractivity contribution is 0.541. The normalized spacial score (nSPS) is 17.8. The summed E-state index contributed by atoms with van der Waals surface area (Å²) in [6.45, 7) is 2.34. The number of sulfone groups is 1. The SMILES string of the molecule is Cc1ccccc1S(=O)(=O)C1NCCc2[nH]c3ccc(F)cc3c21. The van der Waals surface area contributed by atoms with Crippen molar-refractivity contribution in [3.63, 3.8) is 0 Å². The first kappa shape index (κ1) is 15.4. The van der Waals surface area contributed by atoms with Crippen molar-refractivity contribution in [3.05, 3.63) is 65.1 Å². The van der Waals surface area contributed by atoms with Gasteiger partial charge in [-0.05, 0) is 36.8 Å². The molecule has 0 radical (unpaired) electrons. The Morgan fingerprint density at radius 1 is 1.17 bits per heavy atom. The van der Waals surface area contributed by atoms with Crippen LogP contribution in [0.1, 0.15) is 22.2 Å². The zero-order valence-corrected chi connectivity index (χ0v) is 14.0. The summed E-state index contributed by atoms with van der Waals surface area (Å²) in [7, 11) is -3.63. The summed E-state index contributed by atoms with van der Waals surface area (Å²) in [6, 6.07) is 11.4. The molecule has 0 saturated carbocycles. The van der Waals surface area contributed by atoms with Crippen molar-refractivity contribution in [2.45, 2.75) is 23.6 Å². The van der Waals surface area contributed by atoms with Gasteiger partial charge in [0.25, 0.3) is 0 Å². The molecule has 1 aliphatic rings. The molecule has 124 valence electrons. The van der Waals surface area contributed by atoms with E-state index in [0.29, 0.717) is 34.4 Å². The third-order valence-corrected chi connectivity index (χ3v) is 6.65. The summed E-state index contributed by atoms with van der Waals surface area (Å²) in [5.41, 5.74) is 2.96. The number of H-pyrrole nitrogens is 1. The van der Waals surface area contributed by atoms with E-state index in [4.69, 9.17) is 0 Å². The molecule has 4 nitrogen and oxygen atoms in total. The molecule has 3 aromatic rings. The van der Waals surface area contributed by atoms with Crippen LogP contribution in [-0.4, -0.2) is 19.9 Å². The van der Waals surface area contributed by atoms with Crippen LogP contribution in [0.4, 0.5) is 4.39 Å². The van der Waals surface area contributed by atoms with Gasteiger partial charge in [-0.3, -0.25) is 5.32 Å². The van der Waals surface area contributed by atoms with Crippen LogP contribution in [0, 0.1) is 12.7 Å². The third-order valence-electron chi connectivity index (χ3n) is 4.56. The van der Waals surface area contributed by atoms with Crippen molar-refractivity contribution in [1.29, 1.82) is 0 Å². The van der Waals surface area contributed by atoms with Gasteiger partial charge in [-0.1, -0.05) is 18.2 Å². The molecule has 0 saturated heterocycles. The summed E-state index contributed by atoms with van der Waals surface area (Å²) < 4.78 is 40.2. The molecule has 2 N–H and O–H groups in total. The van der Waals surface area contributed by atoms with E-state index in [1.165, 1.54) is 12.1 Å². The Morgan fingerprint density at radius 2 is 1.96 bits per heavy atom. The Morgan fingerprint density at radius 3 is 2.75 bits per heavy atom. The van der Waals surface area contributed by atoms with Crippen LogP contribution in [0.15, 0.2) is 47.4 Å². The van der Waals surface area contributed by atoms with E-state index in [1.807, 2.05) is 6.07 Å². The van der Waals surface area contributed by atoms with Crippen molar-refractivity contribution in [2.75, 3.05) is 6.54 Å².